The van der Waals surface area contributed by atoms with Crippen LogP contribution < -0.4 is 15.0 Å². The number of amides is 2. The number of ether oxygens (including phenoxy) is 1. The number of nitrogens with zero attached hydrogens (tertiary/aromatic N) is 3. The van der Waals surface area contributed by atoms with Crippen LogP contribution in [0.3, 0.4) is 0 Å². The number of nitrogens with one attached hydrogen (secondary N) is 1. The van der Waals surface area contributed by atoms with Crippen molar-refractivity contribution in [2.45, 2.75) is 50.7 Å². The standard InChI is InChI=1S/C24H30N4O3/c1-31-21-10-8-20(9-11-21)28(17-18-5-4-12-25-16-18)23(29)15-22-24(30)26-13-14-27(22)19-6-2-3-7-19/h4-5,8-12,16,19,22H,2-3,6-7,13-15,17H2,1H3,(H,26,30). The Morgan fingerprint density at radius 1 is 1.23 bits per heavy atom. The second-order valence-corrected chi connectivity index (χ2v) is 8.23. The topological polar surface area (TPSA) is 74.8 Å². The molecular formula is C24H30N4O3. The Morgan fingerprint density at radius 2 is 2.00 bits per heavy atom. The van der Waals surface area contributed by atoms with Crippen molar-refractivity contribution in [1.82, 2.24) is 15.2 Å². The lowest BCUT2D eigenvalue weighted by Crippen LogP contribution is -2.59. The number of carbonyl (C=O) groups is 2. The quantitative estimate of drug-likeness (QED) is 0.743. The molecule has 164 valence electrons. The lowest BCUT2D eigenvalue weighted by atomic mass is 10.0. The van der Waals surface area contributed by atoms with Crippen molar-refractivity contribution < 1.29 is 14.3 Å². The number of hydrogen-bond acceptors (Lipinski definition) is 5. The molecule has 4 rings (SSSR count). The van der Waals surface area contributed by atoms with E-state index in [1.165, 1.54) is 12.8 Å². The smallest absolute Gasteiger partial charge is 0.237 e. The van der Waals surface area contributed by atoms with Crippen molar-refractivity contribution in [3.05, 3.63) is 54.4 Å². The third-order valence-electron chi connectivity index (χ3n) is 6.28. The number of hydrogen-bond donors (Lipinski definition) is 1. The van der Waals surface area contributed by atoms with Crippen LogP contribution in [-0.2, 0) is 16.1 Å². The van der Waals surface area contributed by atoms with E-state index in [4.69, 9.17) is 4.74 Å². The summed E-state index contributed by atoms with van der Waals surface area (Å²) in [6.07, 6.45) is 8.25. The van der Waals surface area contributed by atoms with E-state index in [0.29, 0.717) is 19.1 Å². The predicted molar refractivity (Wildman–Crippen MR) is 119 cm³/mol. The highest BCUT2D eigenvalue weighted by Crippen LogP contribution is 2.28. The first-order valence-electron chi connectivity index (χ1n) is 11.0. The van der Waals surface area contributed by atoms with Gasteiger partial charge in [-0.15, -0.1) is 0 Å². The molecular weight excluding hydrogens is 392 g/mol. The summed E-state index contributed by atoms with van der Waals surface area (Å²) in [6, 6.07) is 11.2. The highest BCUT2D eigenvalue weighted by atomic mass is 16.5. The fraction of sp³-hybridized carbons (Fsp3) is 0.458. The van der Waals surface area contributed by atoms with Crippen LogP contribution >= 0.6 is 0 Å². The number of carbonyl (C=O) groups excluding carboxylic acids is 2. The molecule has 2 fully saturated rings. The molecule has 7 nitrogen and oxygen atoms in total. The van der Waals surface area contributed by atoms with Crippen LogP contribution in [0.1, 0.15) is 37.7 Å². The number of aromatic nitrogens is 1. The first kappa shape index (κ1) is 21.3. The second-order valence-electron chi connectivity index (χ2n) is 8.23. The van der Waals surface area contributed by atoms with Crippen LogP contribution in [-0.4, -0.2) is 54.0 Å². The molecule has 1 unspecified atom stereocenters. The van der Waals surface area contributed by atoms with Crippen LogP contribution in [0.2, 0.25) is 0 Å². The van der Waals surface area contributed by atoms with Gasteiger partial charge in [0, 0.05) is 37.2 Å². The molecule has 1 aromatic carbocycles. The molecule has 2 aliphatic rings. The number of pyridine rings is 1. The van der Waals surface area contributed by atoms with Gasteiger partial charge in [-0.25, -0.2) is 0 Å². The van der Waals surface area contributed by atoms with E-state index in [1.807, 2.05) is 36.4 Å². The number of benzene rings is 1. The average Bonchev–Trinajstić information content (AvgIpc) is 3.34. The zero-order valence-electron chi connectivity index (χ0n) is 18.0. The predicted octanol–water partition coefficient (Wildman–Crippen LogP) is 2.76. The Balaban J connectivity index is 1.57. The molecule has 1 atom stereocenters. The van der Waals surface area contributed by atoms with Gasteiger partial charge in [0.25, 0.3) is 0 Å². The largest absolute Gasteiger partial charge is 0.497 e. The van der Waals surface area contributed by atoms with Crippen LogP contribution in [0.4, 0.5) is 5.69 Å². The van der Waals surface area contributed by atoms with Crippen molar-refractivity contribution in [3.63, 3.8) is 0 Å². The molecule has 0 spiro atoms. The monoisotopic (exact) mass is 422 g/mol. The molecule has 1 aromatic heterocycles. The number of rotatable bonds is 7. The summed E-state index contributed by atoms with van der Waals surface area (Å²) < 4.78 is 5.26. The van der Waals surface area contributed by atoms with Crippen LogP contribution in [0, 0.1) is 0 Å². The van der Waals surface area contributed by atoms with E-state index < -0.39 is 6.04 Å². The van der Waals surface area contributed by atoms with Crippen LogP contribution in [0.5, 0.6) is 5.75 Å². The van der Waals surface area contributed by atoms with Gasteiger partial charge in [-0.05, 0) is 48.7 Å². The van der Waals surface area contributed by atoms with Crippen molar-refractivity contribution in [1.29, 1.82) is 0 Å². The lowest BCUT2D eigenvalue weighted by molar-refractivity contribution is -0.134. The maximum Gasteiger partial charge on any atom is 0.237 e. The Kier molecular flexibility index (Phi) is 6.82. The van der Waals surface area contributed by atoms with Gasteiger partial charge in [0.2, 0.25) is 11.8 Å². The van der Waals surface area contributed by atoms with Gasteiger partial charge >= 0.3 is 0 Å². The summed E-state index contributed by atoms with van der Waals surface area (Å²) >= 11 is 0. The Hall–Kier alpha value is -2.93. The first-order chi connectivity index (χ1) is 15.2. The van der Waals surface area contributed by atoms with Gasteiger partial charge in [-0.1, -0.05) is 18.9 Å². The van der Waals surface area contributed by atoms with Gasteiger partial charge in [0.15, 0.2) is 0 Å². The van der Waals surface area contributed by atoms with Gasteiger partial charge in [-0.3, -0.25) is 19.5 Å². The van der Waals surface area contributed by atoms with Crippen LogP contribution in [0.15, 0.2) is 48.8 Å². The minimum Gasteiger partial charge on any atom is -0.497 e. The van der Waals surface area contributed by atoms with E-state index >= 15 is 0 Å². The van der Waals surface area contributed by atoms with Crippen molar-refractivity contribution >= 4 is 17.5 Å². The molecule has 1 aliphatic heterocycles. The van der Waals surface area contributed by atoms with Gasteiger partial charge in [0.05, 0.1) is 26.1 Å². The number of piperazine rings is 1. The van der Waals surface area contributed by atoms with E-state index in [0.717, 1.165) is 36.4 Å². The molecule has 7 heteroatoms. The molecule has 1 saturated heterocycles. The molecule has 0 bridgehead atoms. The van der Waals surface area contributed by atoms with E-state index in [-0.39, 0.29) is 18.2 Å². The van der Waals surface area contributed by atoms with E-state index in [2.05, 4.69) is 15.2 Å². The molecule has 0 radical (unpaired) electrons. The summed E-state index contributed by atoms with van der Waals surface area (Å²) in [6.45, 7) is 1.86. The van der Waals surface area contributed by atoms with Gasteiger partial charge in [0.1, 0.15) is 5.75 Å². The van der Waals surface area contributed by atoms with Gasteiger partial charge in [-0.2, -0.15) is 0 Å². The third kappa shape index (κ3) is 5.05. The molecule has 31 heavy (non-hydrogen) atoms. The molecule has 2 aromatic rings. The summed E-state index contributed by atoms with van der Waals surface area (Å²) in [4.78, 5) is 34.5. The van der Waals surface area contributed by atoms with Gasteiger partial charge < -0.3 is 15.0 Å². The Morgan fingerprint density at radius 3 is 2.68 bits per heavy atom. The molecule has 1 saturated carbocycles. The first-order valence-corrected chi connectivity index (χ1v) is 11.0. The second kappa shape index (κ2) is 9.92. The highest BCUT2D eigenvalue weighted by Gasteiger charge is 2.37. The molecule has 2 heterocycles. The molecule has 1 N–H and O–H groups in total. The Labute approximate surface area is 183 Å². The Bertz CT molecular complexity index is 881. The normalized spacial score (nSPS) is 19.8. The number of anilines is 1. The summed E-state index contributed by atoms with van der Waals surface area (Å²) in [5, 5.41) is 2.96. The lowest BCUT2D eigenvalue weighted by Gasteiger charge is -2.39. The van der Waals surface area contributed by atoms with Crippen molar-refractivity contribution in [2.24, 2.45) is 0 Å². The summed E-state index contributed by atoms with van der Waals surface area (Å²) in [5.41, 5.74) is 1.71. The fourth-order valence-electron chi connectivity index (χ4n) is 4.65. The zero-order valence-corrected chi connectivity index (χ0v) is 18.0. The summed E-state index contributed by atoms with van der Waals surface area (Å²) in [7, 11) is 1.62. The molecule has 1 aliphatic carbocycles. The summed E-state index contributed by atoms with van der Waals surface area (Å²) in [5.74, 6) is 0.623. The minimum atomic E-state index is -0.418. The van der Waals surface area contributed by atoms with Crippen LogP contribution in [0.25, 0.3) is 0 Å². The van der Waals surface area contributed by atoms with Crippen molar-refractivity contribution in [3.8, 4) is 5.75 Å². The fourth-order valence-corrected chi connectivity index (χ4v) is 4.65. The third-order valence-corrected chi connectivity index (χ3v) is 6.28. The highest BCUT2D eigenvalue weighted by molar-refractivity contribution is 5.97. The minimum absolute atomic E-state index is 0.0393. The zero-order chi connectivity index (χ0) is 21.6. The molecule has 2 amide bonds. The average molecular weight is 423 g/mol. The maximum atomic E-state index is 13.5. The number of methoxy groups -OCH3 is 1. The van der Waals surface area contributed by atoms with E-state index in [9.17, 15) is 9.59 Å². The van der Waals surface area contributed by atoms with Crippen molar-refractivity contribution in [2.75, 3.05) is 25.1 Å². The SMILES string of the molecule is COc1ccc(N(Cc2cccnc2)C(=O)CC2C(=O)NCCN2C2CCCC2)cc1. The maximum absolute atomic E-state index is 13.5. The van der Waals surface area contributed by atoms with E-state index in [1.54, 1.807) is 24.4 Å².